The molecular weight excluding hydrogens is 436 g/mol. The molecule has 2 N–H and O–H groups in total. The van der Waals surface area contributed by atoms with Crippen molar-refractivity contribution in [2.45, 2.75) is 32.6 Å². The Labute approximate surface area is 197 Å². The van der Waals surface area contributed by atoms with Crippen LogP contribution in [0, 0.1) is 0 Å². The Balaban J connectivity index is 1.25. The SMILES string of the molecule is CCOC(=O)c1ccn(-c2cccc(NC(=O)CCCOc3ccc4c(c3)CCC(=O)N4)c2)n1. The van der Waals surface area contributed by atoms with Gasteiger partial charge in [-0.2, -0.15) is 5.10 Å². The number of esters is 1. The summed E-state index contributed by atoms with van der Waals surface area (Å²) < 4.78 is 12.3. The summed E-state index contributed by atoms with van der Waals surface area (Å²) in [5, 5.41) is 9.95. The smallest absolute Gasteiger partial charge is 0.358 e. The third-order valence-corrected chi connectivity index (χ3v) is 5.26. The minimum atomic E-state index is -0.477. The molecule has 0 bridgehead atoms. The molecule has 0 unspecified atom stereocenters. The van der Waals surface area contributed by atoms with Gasteiger partial charge in [0.1, 0.15) is 5.75 Å². The Morgan fingerprint density at radius 1 is 1.15 bits per heavy atom. The molecule has 176 valence electrons. The van der Waals surface area contributed by atoms with Crippen molar-refractivity contribution in [2.75, 3.05) is 23.8 Å². The Kier molecular flexibility index (Phi) is 7.22. The lowest BCUT2D eigenvalue weighted by atomic mass is 10.0. The third kappa shape index (κ3) is 5.80. The molecule has 2 aromatic carbocycles. The minimum Gasteiger partial charge on any atom is -0.494 e. The van der Waals surface area contributed by atoms with Crippen LogP contribution in [-0.4, -0.2) is 40.8 Å². The molecule has 0 fully saturated rings. The molecule has 1 aromatic heterocycles. The van der Waals surface area contributed by atoms with Gasteiger partial charge in [0.2, 0.25) is 11.8 Å². The molecule has 0 radical (unpaired) electrons. The number of nitrogens with zero attached hydrogens (tertiary/aromatic N) is 2. The number of benzene rings is 2. The number of nitrogens with one attached hydrogen (secondary N) is 2. The van der Waals surface area contributed by atoms with Crippen LogP contribution in [0.25, 0.3) is 5.69 Å². The molecule has 0 atom stereocenters. The van der Waals surface area contributed by atoms with E-state index in [-0.39, 0.29) is 24.1 Å². The quantitative estimate of drug-likeness (QED) is 0.370. The number of aromatic nitrogens is 2. The van der Waals surface area contributed by atoms with Crippen LogP contribution in [0.4, 0.5) is 11.4 Å². The van der Waals surface area contributed by atoms with E-state index >= 15 is 0 Å². The van der Waals surface area contributed by atoms with Gasteiger partial charge in [0, 0.05) is 30.4 Å². The fourth-order valence-corrected chi connectivity index (χ4v) is 3.60. The molecule has 0 spiro atoms. The largest absolute Gasteiger partial charge is 0.494 e. The van der Waals surface area contributed by atoms with Crippen molar-refractivity contribution in [3.8, 4) is 11.4 Å². The first-order chi connectivity index (χ1) is 16.5. The number of fused-ring (bicyclic) bond motifs is 1. The first-order valence-corrected chi connectivity index (χ1v) is 11.2. The molecule has 34 heavy (non-hydrogen) atoms. The fourth-order valence-electron chi connectivity index (χ4n) is 3.60. The number of carbonyl (C=O) groups is 3. The second-order valence-corrected chi connectivity index (χ2v) is 7.78. The molecule has 1 aliphatic heterocycles. The average Bonchev–Trinajstić information content (AvgIpc) is 3.33. The zero-order valence-corrected chi connectivity index (χ0v) is 18.9. The molecule has 0 saturated carbocycles. The zero-order valence-electron chi connectivity index (χ0n) is 18.9. The first kappa shape index (κ1) is 23.0. The minimum absolute atomic E-state index is 0.0313. The van der Waals surface area contributed by atoms with Crippen molar-refractivity contribution >= 4 is 29.2 Å². The van der Waals surface area contributed by atoms with Crippen molar-refractivity contribution in [3.63, 3.8) is 0 Å². The van der Waals surface area contributed by atoms with Crippen molar-refractivity contribution in [2.24, 2.45) is 0 Å². The number of rotatable bonds is 9. The maximum absolute atomic E-state index is 12.4. The highest BCUT2D eigenvalue weighted by Crippen LogP contribution is 2.27. The monoisotopic (exact) mass is 462 g/mol. The average molecular weight is 463 g/mol. The lowest BCUT2D eigenvalue weighted by Crippen LogP contribution is -2.18. The molecule has 9 heteroatoms. The maximum Gasteiger partial charge on any atom is 0.358 e. The number of anilines is 2. The molecule has 9 nitrogen and oxygen atoms in total. The summed E-state index contributed by atoms with van der Waals surface area (Å²) >= 11 is 0. The van der Waals surface area contributed by atoms with Crippen LogP contribution in [0.15, 0.2) is 54.7 Å². The Morgan fingerprint density at radius 2 is 2.03 bits per heavy atom. The number of aryl methyl sites for hydroxylation is 1. The topological polar surface area (TPSA) is 112 Å². The number of carbonyl (C=O) groups excluding carboxylic acids is 3. The molecular formula is C25H26N4O5. The number of ether oxygens (including phenoxy) is 2. The van der Waals surface area contributed by atoms with E-state index in [1.165, 1.54) is 0 Å². The van der Waals surface area contributed by atoms with E-state index in [4.69, 9.17) is 9.47 Å². The van der Waals surface area contributed by atoms with Crippen LogP contribution >= 0.6 is 0 Å². The summed E-state index contributed by atoms with van der Waals surface area (Å²) in [5.41, 5.74) is 3.45. The summed E-state index contributed by atoms with van der Waals surface area (Å²) in [6.07, 6.45) is 3.70. The highest BCUT2D eigenvalue weighted by molar-refractivity contribution is 5.94. The van der Waals surface area contributed by atoms with Gasteiger partial charge in [-0.05, 0) is 67.8 Å². The number of hydrogen-bond donors (Lipinski definition) is 2. The van der Waals surface area contributed by atoms with Gasteiger partial charge in [-0.15, -0.1) is 0 Å². The number of amides is 2. The van der Waals surface area contributed by atoms with Crippen molar-refractivity contribution in [1.29, 1.82) is 0 Å². The maximum atomic E-state index is 12.4. The van der Waals surface area contributed by atoms with E-state index in [1.54, 1.807) is 42.1 Å². The lowest BCUT2D eigenvalue weighted by Gasteiger charge is -2.17. The Morgan fingerprint density at radius 3 is 2.88 bits per heavy atom. The Hall–Kier alpha value is -4.14. The van der Waals surface area contributed by atoms with Crippen molar-refractivity contribution in [3.05, 3.63) is 66.0 Å². The summed E-state index contributed by atoms with van der Waals surface area (Å²) in [4.78, 5) is 35.6. The van der Waals surface area contributed by atoms with Gasteiger partial charge in [0.05, 0.1) is 18.9 Å². The summed E-state index contributed by atoms with van der Waals surface area (Å²) in [6, 6.07) is 14.4. The van der Waals surface area contributed by atoms with Gasteiger partial charge in [-0.3, -0.25) is 9.59 Å². The second-order valence-electron chi connectivity index (χ2n) is 7.78. The zero-order chi connectivity index (χ0) is 23.9. The van der Waals surface area contributed by atoms with Crippen LogP contribution < -0.4 is 15.4 Å². The second kappa shape index (κ2) is 10.7. The molecule has 4 rings (SSSR count). The van der Waals surface area contributed by atoms with E-state index < -0.39 is 5.97 Å². The summed E-state index contributed by atoms with van der Waals surface area (Å²) in [7, 11) is 0. The molecule has 2 heterocycles. The van der Waals surface area contributed by atoms with Gasteiger partial charge < -0.3 is 20.1 Å². The van der Waals surface area contributed by atoms with Crippen LogP contribution in [0.5, 0.6) is 5.75 Å². The van der Waals surface area contributed by atoms with E-state index in [0.29, 0.717) is 43.7 Å². The van der Waals surface area contributed by atoms with Crippen molar-refractivity contribution < 1.29 is 23.9 Å². The van der Waals surface area contributed by atoms with Gasteiger partial charge in [0.25, 0.3) is 0 Å². The summed E-state index contributed by atoms with van der Waals surface area (Å²) in [6.45, 7) is 2.43. The highest BCUT2D eigenvalue weighted by atomic mass is 16.5. The molecule has 0 aliphatic carbocycles. The van der Waals surface area contributed by atoms with Crippen LogP contribution in [0.2, 0.25) is 0 Å². The van der Waals surface area contributed by atoms with E-state index in [1.807, 2.05) is 24.3 Å². The molecule has 2 amide bonds. The van der Waals surface area contributed by atoms with Crippen LogP contribution in [0.1, 0.15) is 42.2 Å². The fraction of sp³-hybridized carbons (Fsp3) is 0.280. The lowest BCUT2D eigenvalue weighted by molar-refractivity contribution is -0.117. The van der Waals surface area contributed by atoms with E-state index in [2.05, 4.69) is 15.7 Å². The van der Waals surface area contributed by atoms with E-state index in [9.17, 15) is 14.4 Å². The van der Waals surface area contributed by atoms with Gasteiger partial charge in [-0.1, -0.05) is 6.07 Å². The van der Waals surface area contributed by atoms with Crippen LogP contribution in [0.3, 0.4) is 0 Å². The Bertz CT molecular complexity index is 1200. The standard InChI is InChI=1S/C25H26N4O5/c1-2-33-25(32)22-12-13-29(28-22)19-6-3-5-18(16-19)26-23(30)7-4-14-34-20-9-10-21-17(15-20)8-11-24(31)27-21/h3,5-6,9-10,12-13,15-16H,2,4,7-8,11,14H2,1H3,(H,26,30)(H,27,31). The van der Waals surface area contributed by atoms with Gasteiger partial charge >= 0.3 is 5.97 Å². The normalized spacial score (nSPS) is 12.4. The van der Waals surface area contributed by atoms with Gasteiger partial charge in [-0.25, -0.2) is 9.48 Å². The van der Waals surface area contributed by atoms with E-state index in [0.717, 1.165) is 17.0 Å². The van der Waals surface area contributed by atoms with Crippen molar-refractivity contribution in [1.82, 2.24) is 9.78 Å². The molecule has 3 aromatic rings. The predicted molar refractivity (Wildman–Crippen MR) is 126 cm³/mol. The molecule has 1 aliphatic rings. The predicted octanol–water partition coefficient (Wildman–Crippen LogP) is 3.73. The van der Waals surface area contributed by atoms with Crippen LogP contribution in [-0.2, 0) is 20.7 Å². The highest BCUT2D eigenvalue weighted by Gasteiger charge is 2.15. The summed E-state index contributed by atoms with van der Waals surface area (Å²) in [5.74, 6) is 0.157. The third-order valence-electron chi connectivity index (χ3n) is 5.26. The molecule has 0 saturated heterocycles. The van der Waals surface area contributed by atoms with Gasteiger partial charge in [0.15, 0.2) is 5.69 Å². The number of hydrogen-bond acceptors (Lipinski definition) is 6. The first-order valence-electron chi connectivity index (χ1n) is 11.2.